The molecule has 0 aromatic rings. The molecule has 0 N–H and O–H groups in total. The van der Waals surface area contributed by atoms with Crippen LogP contribution in [0.25, 0.3) is 0 Å². The monoisotopic (exact) mass is 240 g/mol. The minimum Gasteiger partial charge on any atom is -0.212 e. The molecule has 0 aliphatic heterocycles. The maximum atomic E-state index is 10.6. The van der Waals surface area contributed by atoms with E-state index in [1.807, 2.05) is 0 Å². The molecular weight excluding hydrogens is 226 g/mol. The SMILES string of the molecule is CCCCCC[N+](=C=O)[SiH](N=C=O)N=C=O. The molecule has 6 nitrogen and oxygen atoms in total. The summed E-state index contributed by atoms with van der Waals surface area (Å²) in [6.45, 7) is 2.49. The molecule has 0 bridgehead atoms. The van der Waals surface area contributed by atoms with Crippen LogP contribution in [0.5, 0.6) is 0 Å². The molecule has 0 atom stereocenters. The fourth-order valence-electron chi connectivity index (χ4n) is 1.18. The molecular formula is C9H14N3O3Si+. The van der Waals surface area contributed by atoms with Crippen molar-refractivity contribution in [2.75, 3.05) is 6.54 Å². The van der Waals surface area contributed by atoms with Crippen molar-refractivity contribution in [3.8, 4) is 0 Å². The van der Waals surface area contributed by atoms with E-state index >= 15 is 0 Å². The summed E-state index contributed by atoms with van der Waals surface area (Å²) >= 11 is 0. The Labute approximate surface area is 95.3 Å². The van der Waals surface area contributed by atoms with Crippen LogP contribution in [0.4, 0.5) is 0 Å². The van der Waals surface area contributed by atoms with Crippen LogP contribution in [-0.4, -0.2) is 38.3 Å². The van der Waals surface area contributed by atoms with E-state index in [1.54, 1.807) is 6.08 Å². The smallest absolute Gasteiger partial charge is 0.212 e. The summed E-state index contributed by atoms with van der Waals surface area (Å²) in [5.41, 5.74) is 0. The number of hydrogen-bond acceptors (Lipinski definition) is 5. The molecule has 0 unspecified atom stereocenters. The summed E-state index contributed by atoms with van der Waals surface area (Å²) in [6.07, 6.45) is 8.20. The van der Waals surface area contributed by atoms with Crippen LogP contribution in [0, 0.1) is 0 Å². The van der Waals surface area contributed by atoms with Gasteiger partial charge in [0.1, 0.15) is 6.54 Å². The maximum absolute atomic E-state index is 10.6. The zero-order chi connectivity index (χ0) is 12.2. The van der Waals surface area contributed by atoms with Crippen LogP contribution in [0.15, 0.2) is 9.32 Å². The van der Waals surface area contributed by atoms with Crippen molar-refractivity contribution in [2.24, 2.45) is 9.32 Å². The molecule has 0 fully saturated rings. The average Bonchev–Trinajstić information content (AvgIpc) is 2.29. The van der Waals surface area contributed by atoms with Crippen LogP contribution < -0.4 is 0 Å². The van der Waals surface area contributed by atoms with Gasteiger partial charge in [0, 0.05) is 6.42 Å². The minimum absolute atomic E-state index is 0.413. The maximum Gasteiger partial charge on any atom is 0.648 e. The largest absolute Gasteiger partial charge is 0.648 e. The quantitative estimate of drug-likeness (QED) is 0.265. The molecule has 16 heavy (non-hydrogen) atoms. The Hall–Kier alpha value is -1.64. The van der Waals surface area contributed by atoms with E-state index in [0.717, 1.165) is 25.7 Å². The van der Waals surface area contributed by atoms with E-state index in [-0.39, 0.29) is 0 Å². The molecule has 0 saturated heterocycles. The summed E-state index contributed by atoms with van der Waals surface area (Å²) in [4.78, 5) is 30.8. The third kappa shape index (κ3) is 5.96. The third-order valence-corrected chi connectivity index (χ3v) is 3.58. The zero-order valence-corrected chi connectivity index (χ0v) is 10.3. The lowest BCUT2D eigenvalue weighted by Crippen LogP contribution is -2.28. The lowest BCUT2D eigenvalue weighted by molar-refractivity contribution is -0.390. The Kier molecular flexibility index (Phi) is 8.88. The van der Waals surface area contributed by atoms with Crippen LogP contribution >= 0.6 is 0 Å². The second-order valence-corrected chi connectivity index (χ2v) is 4.97. The van der Waals surface area contributed by atoms with Crippen molar-refractivity contribution >= 4 is 27.5 Å². The molecule has 0 rings (SSSR count). The molecule has 0 heterocycles. The first-order valence-corrected chi connectivity index (χ1v) is 6.63. The van der Waals surface area contributed by atoms with E-state index in [1.165, 1.54) is 16.4 Å². The van der Waals surface area contributed by atoms with Gasteiger partial charge in [-0.15, -0.1) is 0 Å². The fourth-order valence-corrected chi connectivity index (χ4v) is 2.21. The molecule has 0 amide bonds. The van der Waals surface area contributed by atoms with Gasteiger partial charge in [0.05, 0.1) is 0 Å². The lowest BCUT2D eigenvalue weighted by atomic mass is 10.2. The number of unbranched alkanes of at least 4 members (excludes halogenated alkanes) is 3. The molecule has 0 aromatic heterocycles. The second kappa shape index (κ2) is 9.89. The molecule has 0 radical (unpaired) electrons. The van der Waals surface area contributed by atoms with E-state index < -0.39 is 9.28 Å². The van der Waals surface area contributed by atoms with Gasteiger partial charge in [0.25, 0.3) is 0 Å². The molecule has 0 aromatic carbocycles. The Morgan fingerprint density at radius 2 is 1.69 bits per heavy atom. The van der Waals surface area contributed by atoms with E-state index in [2.05, 4.69) is 16.2 Å². The van der Waals surface area contributed by atoms with Crippen LogP contribution in [0.2, 0.25) is 0 Å². The fraction of sp³-hybridized carbons (Fsp3) is 0.667. The summed E-state index contributed by atoms with van der Waals surface area (Å²) < 4.78 is 7.89. The van der Waals surface area contributed by atoms with Crippen molar-refractivity contribution in [3.63, 3.8) is 0 Å². The van der Waals surface area contributed by atoms with Crippen molar-refractivity contribution in [3.05, 3.63) is 0 Å². The predicted octanol–water partition coefficient (Wildman–Crippen LogP) is 0.304. The van der Waals surface area contributed by atoms with Gasteiger partial charge in [-0.3, -0.25) is 0 Å². The Balaban J connectivity index is 4.40. The number of nitrogens with zero attached hydrogens (tertiary/aromatic N) is 3. The van der Waals surface area contributed by atoms with Gasteiger partial charge < -0.3 is 0 Å². The molecule has 86 valence electrons. The first kappa shape index (κ1) is 14.4. The highest BCUT2D eigenvalue weighted by Crippen LogP contribution is 2.00. The van der Waals surface area contributed by atoms with Gasteiger partial charge in [-0.1, -0.05) is 19.8 Å². The number of rotatable bonds is 8. The van der Waals surface area contributed by atoms with Gasteiger partial charge in [-0.25, -0.2) is 9.59 Å². The Morgan fingerprint density at radius 3 is 2.12 bits per heavy atom. The average molecular weight is 240 g/mol. The highest BCUT2D eigenvalue weighted by atomic mass is 28.3. The van der Waals surface area contributed by atoms with E-state index in [0.29, 0.717) is 6.54 Å². The molecule has 7 heteroatoms. The van der Waals surface area contributed by atoms with Crippen LogP contribution in [-0.2, 0) is 14.4 Å². The van der Waals surface area contributed by atoms with Gasteiger partial charge in [-0.05, 0) is 6.42 Å². The van der Waals surface area contributed by atoms with Crippen LogP contribution in [0.1, 0.15) is 32.6 Å². The van der Waals surface area contributed by atoms with Crippen molar-refractivity contribution < 1.29 is 18.6 Å². The summed E-state index contributed by atoms with van der Waals surface area (Å²) in [5, 5.41) is 0. The van der Waals surface area contributed by atoms with Gasteiger partial charge in [0.15, 0.2) is 0 Å². The molecule has 0 aliphatic carbocycles. The molecule has 0 saturated carbocycles. The van der Waals surface area contributed by atoms with E-state index in [4.69, 9.17) is 0 Å². The number of isocyanates is 3. The summed E-state index contributed by atoms with van der Waals surface area (Å²) in [7, 11) is -2.59. The Morgan fingerprint density at radius 1 is 1.06 bits per heavy atom. The minimum atomic E-state index is -2.59. The normalized spacial score (nSPS) is 10.6. The highest BCUT2D eigenvalue weighted by Gasteiger charge is 2.26. The zero-order valence-electron chi connectivity index (χ0n) is 9.18. The predicted molar refractivity (Wildman–Crippen MR) is 58.4 cm³/mol. The highest BCUT2D eigenvalue weighted by molar-refractivity contribution is 6.48. The summed E-state index contributed by atoms with van der Waals surface area (Å²) in [6, 6.07) is 0. The van der Waals surface area contributed by atoms with Crippen molar-refractivity contribution in [1.29, 1.82) is 0 Å². The topological polar surface area (TPSA) is 78.9 Å². The number of carbonyl (C=O) groups excluding carboxylic acids is 3. The lowest BCUT2D eigenvalue weighted by Gasteiger charge is -1.98. The van der Waals surface area contributed by atoms with Crippen LogP contribution in [0.3, 0.4) is 0 Å². The molecule has 0 aliphatic rings. The van der Waals surface area contributed by atoms with Gasteiger partial charge >= 0.3 is 15.4 Å². The first-order valence-electron chi connectivity index (χ1n) is 5.08. The van der Waals surface area contributed by atoms with Crippen molar-refractivity contribution in [2.45, 2.75) is 32.6 Å². The standard InChI is InChI=1S/C9H14N3O3Si/c1-2-3-4-5-6-12(9-15)16(10-7-13)11-8-14/h16H,2-6H2,1H3/q+1. The number of hydrogen-bond donors (Lipinski definition) is 0. The summed E-state index contributed by atoms with van der Waals surface area (Å²) in [5.74, 6) is 0. The van der Waals surface area contributed by atoms with Crippen molar-refractivity contribution in [1.82, 2.24) is 0 Å². The van der Waals surface area contributed by atoms with Gasteiger partial charge in [-0.2, -0.15) is 18.4 Å². The molecule has 0 spiro atoms. The Bertz CT molecular complexity index is 335. The first-order chi connectivity index (χ1) is 7.79. The van der Waals surface area contributed by atoms with E-state index in [9.17, 15) is 14.4 Å². The van der Waals surface area contributed by atoms with Gasteiger partial charge in [0.2, 0.25) is 12.2 Å². The second-order valence-electron chi connectivity index (χ2n) is 3.13. The third-order valence-electron chi connectivity index (χ3n) is 1.98.